The molecule has 0 radical (unpaired) electrons. The van der Waals surface area contributed by atoms with Crippen molar-refractivity contribution in [1.82, 2.24) is 0 Å². The molecule has 0 unspecified atom stereocenters. The van der Waals surface area contributed by atoms with Gasteiger partial charge in [0.2, 0.25) is 0 Å². The predicted molar refractivity (Wildman–Crippen MR) is 114 cm³/mol. The quantitative estimate of drug-likeness (QED) is 0.201. The first kappa shape index (κ1) is 17.6. The third kappa shape index (κ3) is 2.57. The number of hydrogen-bond acceptors (Lipinski definition) is 5. The number of fused-ring (bicyclic) bond motifs is 3. The van der Waals surface area contributed by atoms with Crippen LogP contribution in [0.15, 0.2) is 60.7 Å². The Bertz CT molecular complexity index is 1300. The molecule has 1 aromatic heterocycles. The van der Waals surface area contributed by atoms with E-state index in [9.17, 15) is 14.9 Å². The first-order chi connectivity index (χ1) is 14.1. The fourth-order valence-electron chi connectivity index (χ4n) is 3.98. The number of nitro groups is 1. The molecule has 0 bridgehead atoms. The minimum absolute atomic E-state index is 0.0398. The summed E-state index contributed by atoms with van der Waals surface area (Å²) < 4.78 is 5.33. The van der Waals surface area contributed by atoms with E-state index < -0.39 is 4.92 Å². The largest absolute Gasteiger partial charge is 0.462 e. The maximum Gasteiger partial charge on any atom is 0.348 e. The Morgan fingerprint density at radius 3 is 2.28 bits per heavy atom. The number of rotatable bonds is 4. The fraction of sp³-hybridized carbons (Fsp3) is 0.0870. The van der Waals surface area contributed by atoms with Gasteiger partial charge in [0.15, 0.2) is 0 Å². The molecule has 0 atom stereocenters. The topological polar surface area (TPSA) is 69.4 Å². The van der Waals surface area contributed by atoms with Crippen LogP contribution in [-0.2, 0) is 4.74 Å². The molecule has 0 spiro atoms. The Kier molecular flexibility index (Phi) is 3.96. The summed E-state index contributed by atoms with van der Waals surface area (Å²) in [6.07, 6.45) is 0. The van der Waals surface area contributed by atoms with Crippen LogP contribution >= 0.6 is 11.3 Å². The number of carbonyl (C=O) groups excluding carboxylic acids is 1. The SMILES string of the molecule is CCOC(=O)c1sc(-c2ccc([N+](=O)[O-])cc2)c2c1-c1cccc3cccc-2c13. The fourth-order valence-corrected chi connectivity index (χ4v) is 5.21. The first-order valence-electron chi connectivity index (χ1n) is 9.21. The second kappa shape index (κ2) is 6.53. The Hall–Kier alpha value is -3.51. The smallest absolute Gasteiger partial charge is 0.348 e. The number of esters is 1. The summed E-state index contributed by atoms with van der Waals surface area (Å²) in [6, 6.07) is 18.7. The van der Waals surface area contributed by atoms with E-state index in [0.29, 0.717) is 11.5 Å². The molecule has 0 fully saturated rings. The number of ether oxygens (including phenoxy) is 1. The van der Waals surface area contributed by atoms with Crippen molar-refractivity contribution in [3.05, 3.63) is 75.7 Å². The van der Waals surface area contributed by atoms with Crippen molar-refractivity contribution in [2.75, 3.05) is 6.61 Å². The van der Waals surface area contributed by atoms with Gasteiger partial charge in [-0.15, -0.1) is 11.3 Å². The van der Waals surface area contributed by atoms with E-state index >= 15 is 0 Å². The number of benzene rings is 3. The van der Waals surface area contributed by atoms with Crippen LogP contribution in [0.25, 0.3) is 43.5 Å². The highest BCUT2D eigenvalue weighted by Crippen LogP contribution is 2.56. The van der Waals surface area contributed by atoms with Crippen molar-refractivity contribution in [3.8, 4) is 32.7 Å². The second-order valence-corrected chi connectivity index (χ2v) is 7.76. The summed E-state index contributed by atoms with van der Waals surface area (Å²) >= 11 is 1.38. The summed E-state index contributed by atoms with van der Waals surface area (Å²) in [5.41, 5.74) is 4.89. The van der Waals surface area contributed by atoms with Crippen molar-refractivity contribution in [1.29, 1.82) is 0 Å². The van der Waals surface area contributed by atoms with E-state index in [4.69, 9.17) is 4.74 Å². The molecule has 0 N–H and O–H groups in total. The lowest BCUT2D eigenvalue weighted by atomic mass is 10.0. The van der Waals surface area contributed by atoms with Crippen LogP contribution in [0.2, 0.25) is 0 Å². The summed E-state index contributed by atoms with van der Waals surface area (Å²) in [5, 5.41) is 13.3. The number of nitro benzene ring substituents is 1. The highest BCUT2D eigenvalue weighted by Gasteiger charge is 2.32. The lowest BCUT2D eigenvalue weighted by molar-refractivity contribution is -0.384. The summed E-state index contributed by atoms with van der Waals surface area (Å²) in [7, 11) is 0. The number of non-ortho nitro benzene ring substituents is 1. The van der Waals surface area contributed by atoms with Crippen LogP contribution in [0.1, 0.15) is 16.6 Å². The number of thiophene rings is 1. The van der Waals surface area contributed by atoms with Crippen LogP contribution in [0.5, 0.6) is 0 Å². The minimum Gasteiger partial charge on any atom is -0.462 e. The number of nitrogens with zero attached hydrogens (tertiary/aromatic N) is 1. The maximum atomic E-state index is 12.8. The lowest BCUT2D eigenvalue weighted by Gasteiger charge is -2.05. The number of hydrogen-bond donors (Lipinski definition) is 0. The molecule has 5 nitrogen and oxygen atoms in total. The predicted octanol–water partition coefficient (Wildman–Crippen LogP) is 6.30. The van der Waals surface area contributed by atoms with Gasteiger partial charge in [-0.2, -0.15) is 0 Å². The molecular weight excluding hydrogens is 386 g/mol. The Balaban J connectivity index is 1.80. The molecular formula is C23H15NO4S. The van der Waals surface area contributed by atoms with Crippen molar-refractivity contribution in [3.63, 3.8) is 0 Å². The van der Waals surface area contributed by atoms with Crippen LogP contribution in [-0.4, -0.2) is 17.5 Å². The zero-order valence-corrected chi connectivity index (χ0v) is 16.3. The van der Waals surface area contributed by atoms with Gasteiger partial charge in [0.25, 0.3) is 5.69 Å². The van der Waals surface area contributed by atoms with Gasteiger partial charge in [-0.3, -0.25) is 10.1 Å². The van der Waals surface area contributed by atoms with Crippen molar-refractivity contribution < 1.29 is 14.5 Å². The molecule has 1 heterocycles. The van der Waals surface area contributed by atoms with Crippen molar-refractivity contribution >= 4 is 33.8 Å². The molecule has 3 aromatic carbocycles. The van der Waals surface area contributed by atoms with Crippen LogP contribution < -0.4 is 0 Å². The molecule has 0 aliphatic heterocycles. The van der Waals surface area contributed by atoms with Gasteiger partial charge in [0, 0.05) is 28.1 Å². The first-order valence-corrected chi connectivity index (χ1v) is 10.0. The highest BCUT2D eigenvalue weighted by molar-refractivity contribution is 7.18. The van der Waals surface area contributed by atoms with Crippen LogP contribution in [0.4, 0.5) is 5.69 Å². The van der Waals surface area contributed by atoms with Gasteiger partial charge in [-0.25, -0.2) is 4.79 Å². The van der Waals surface area contributed by atoms with Gasteiger partial charge in [-0.1, -0.05) is 36.4 Å². The Morgan fingerprint density at radius 2 is 1.66 bits per heavy atom. The Morgan fingerprint density at radius 1 is 1.00 bits per heavy atom. The van der Waals surface area contributed by atoms with E-state index in [2.05, 4.69) is 18.2 Å². The minimum atomic E-state index is -0.413. The Labute approximate surface area is 170 Å². The molecule has 0 saturated carbocycles. The lowest BCUT2D eigenvalue weighted by Crippen LogP contribution is -2.03. The second-order valence-electron chi connectivity index (χ2n) is 6.74. The van der Waals surface area contributed by atoms with Crippen molar-refractivity contribution in [2.24, 2.45) is 0 Å². The standard InChI is InChI=1S/C23H15NO4S/c1-2-28-23(25)22-20-17-8-4-6-13-5-3-7-16(18(13)17)19(20)21(29-22)14-9-11-15(12-10-14)24(26)27/h3-12H,2H2,1H3. The average molecular weight is 401 g/mol. The van der Waals surface area contributed by atoms with E-state index in [1.807, 2.05) is 18.2 Å². The monoisotopic (exact) mass is 401 g/mol. The van der Waals surface area contributed by atoms with E-state index in [1.165, 1.54) is 23.5 Å². The van der Waals surface area contributed by atoms with Gasteiger partial charge < -0.3 is 4.74 Å². The highest BCUT2D eigenvalue weighted by atomic mass is 32.1. The molecule has 6 heteroatoms. The summed E-state index contributed by atoms with van der Waals surface area (Å²) in [4.78, 5) is 24.9. The summed E-state index contributed by atoms with van der Waals surface area (Å²) in [6.45, 7) is 2.09. The maximum absolute atomic E-state index is 12.8. The van der Waals surface area contributed by atoms with Gasteiger partial charge in [-0.05, 0) is 46.5 Å². The zero-order valence-electron chi connectivity index (χ0n) is 15.5. The molecule has 1 aliphatic rings. The third-order valence-corrected chi connectivity index (χ3v) is 6.37. The molecule has 29 heavy (non-hydrogen) atoms. The molecule has 142 valence electrons. The normalized spacial score (nSPS) is 11.5. The van der Waals surface area contributed by atoms with Gasteiger partial charge >= 0.3 is 5.97 Å². The van der Waals surface area contributed by atoms with E-state index in [1.54, 1.807) is 19.1 Å². The van der Waals surface area contributed by atoms with Crippen molar-refractivity contribution in [2.45, 2.75) is 6.92 Å². The van der Waals surface area contributed by atoms with Crippen LogP contribution in [0, 0.1) is 10.1 Å². The molecule has 0 saturated heterocycles. The average Bonchev–Trinajstić information content (AvgIpc) is 3.27. The molecule has 5 rings (SSSR count). The van der Waals surface area contributed by atoms with Crippen LogP contribution in [0.3, 0.4) is 0 Å². The van der Waals surface area contributed by atoms with Gasteiger partial charge in [0.05, 0.1) is 11.5 Å². The molecule has 1 aliphatic carbocycles. The third-order valence-electron chi connectivity index (χ3n) is 5.15. The van der Waals surface area contributed by atoms with E-state index in [0.717, 1.165) is 43.5 Å². The number of carbonyl (C=O) groups is 1. The van der Waals surface area contributed by atoms with Gasteiger partial charge in [0.1, 0.15) is 4.88 Å². The molecule has 0 amide bonds. The molecule has 4 aromatic rings. The van der Waals surface area contributed by atoms with E-state index in [-0.39, 0.29) is 11.7 Å². The summed E-state index contributed by atoms with van der Waals surface area (Å²) in [5.74, 6) is -0.341. The zero-order chi connectivity index (χ0) is 20.1.